The summed E-state index contributed by atoms with van der Waals surface area (Å²) in [5.74, 6) is -0.473. The first-order valence-corrected chi connectivity index (χ1v) is 12.5. The first kappa shape index (κ1) is 31.1. The van der Waals surface area contributed by atoms with Gasteiger partial charge in [0.05, 0.1) is 36.7 Å². The Morgan fingerprint density at radius 3 is 2.21 bits per heavy atom. The van der Waals surface area contributed by atoms with E-state index in [1.807, 2.05) is 0 Å². The van der Waals surface area contributed by atoms with Crippen LogP contribution in [-0.4, -0.2) is 124 Å². The third-order valence-electron chi connectivity index (χ3n) is 6.84. The third-order valence-corrected chi connectivity index (χ3v) is 6.84. The van der Waals surface area contributed by atoms with E-state index in [-0.39, 0.29) is 19.6 Å². The summed E-state index contributed by atoms with van der Waals surface area (Å²) < 4.78 is 33.1. The molecular weight excluding hydrogens is 510 g/mol. The van der Waals surface area contributed by atoms with E-state index in [2.05, 4.69) is 6.07 Å². The predicted octanol–water partition coefficient (Wildman–Crippen LogP) is -2.11. The van der Waals surface area contributed by atoms with Gasteiger partial charge in [0, 0.05) is 6.42 Å². The number of fused-ring (bicyclic) bond motifs is 1. The predicted molar refractivity (Wildman–Crippen MR) is 124 cm³/mol. The second-order valence-corrected chi connectivity index (χ2v) is 11.2. The van der Waals surface area contributed by atoms with Crippen molar-refractivity contribution in [3.63, 3.8) is 0 Å². The normalized spacial score (nSPS) is 40.2. The standard InChI is InChI=1S/C24H39NO13/c1-23(2,10-25)9-24(3,4)22(32)33-6-5-13-34-8-12-19(37-13)16(29)18(31)21(36-12)38-20-17(30)15(28)14(27)11(7-26)35-20/h11-21,26-31H,5-9H2,1-4H3/t11-,12-,13?,14-,15+,16-,17-,18-,19-,20+,21-/m1/s1. The van der Waals surface area contributed by atoms with Crippen molar-refractivity contribution in [3.8, 4) is 6.07 Å². The minimum absolute atomic E-state index is 0.0420. The smallest absolute Gasteiger partial charge is 0.311 e. The Morgan fingerprint density at radius 1 is 0.947 bits per heavy atom. The summed E-state index contributed by atoms with van der Waals surface area (Å²) in [7, 11) is 0. The van der Waals surface area contributed by atoms with Gasteiger partial charge in [-0.15, -0.1) is 0 Å². The van der Waals surface area contributed by atoms with Gasteiger partial charge in [-0.1, -0.05) is 0 Å². The lowest BCUT2D eigenvalue weighted by molar-refractivity contribution is -0.398. The Morgan fingerprint density at radius 2 is 1.58 bits per heavy atom. The van der Waals surface area contributed by atoms with Crippen LogP contribution in [-0.2, 0) is 33.2 Å². The van der Waals surface area contributed by atoms with Crippen molar-refractivity contribution >= 4 is 5.97 Å². The van der Waals surface area contributed by atoms with Crippen LogP contribution in [0, 0.1) is 22.2 Å². The maximum atomic E-state index is 12.5. The zero-order valence-corrected chi connectivity index (χ0v) is 21.9. The Bertz CT molecular complexity index is 844. The molecule has 0 aromatic heterocycles. The van der Waals surface area contributed by atoms with Gasteiger partial charge in [0.2, 0.25) is 0 Å². The summed E-state index contributed by atoms with van der Waals surface area (Å²) in [5, 5.41) is 69.8. The monoisotopic (exact) mass is 549 g/mol. The SMILES string of the molecule is CC(C)(C#N)CC(C)(C)C(=O)OCCC1OC[C@H]2O[C@H](O[C@@H]3O[C@H](CO)[C@@H](O)[C@H](O)[C@H]3O)[C@H](O)[C@@H](O)[C@@H]2O1. The number of carbonyl (C=O) groups excluding carboxylic acids is 1. The van der Waals surface area contributed by atoms with Crippen LogP contribution in [0.15, 0.2) is 0 Å². The van der Waals surface area contributed by atoms with E-state index in [0.29, 0.717) is 6.42 Å². The zero-order chi connectivity index (χ0) is 28.4. The number of carbonyl (C=O) groups is 1. The molecule has 0 saturated carbocycles. The maximum absolute atomic E-state index is 12.5. The summed E-state index contributed by atoms with van der Waals surface area (Å²) in [4.78, 5) is 12.5. The lowest BCUT2D eigenvalue weighted by Crippen LogP contribution is -2.65. The summed E-state index contributed by atoms with van der Waals surface area (Å²) >= 11 is 0. The van der Waals surface area contributed by atoms with E-state index < -0.39 is 91.1 Å². The Hall–Kier alpha value is -1.48. The molecule has 0 spiro atoms. The summed E-state index contributed by atoms with van der Waals surface area (Å²) in [6.45, 7) is 6.11. The molecule has 3 rings (SSSR count). The largest absolute Gasteiger partial charge is 0.465 e. The molecule has 3 heterocycles. The van der Waals surface area contributed by atoms with Gasteiger partial charge in [0.15, 0.2) is 18.9 Å². The van der Waals surface area contributed by atoms with E-state index in [9.17, 15) is 40.7 Å². The molecule has 1 unspecified atom stereocenters. The number of ether oxygens (including phenoxy) is 6. The lowest BCUT2D eigenvalue weighted by Gasteiger charge is -2.48. The molecule has 3 saturated heterocycles. The van der Waals surface area contributed by atoms with Gasteiger partial charge in [-0.3, -0.25) is 4.79 Å². The third kappa shape index (κ3) is 6.98. The van der Waals surface area contributed by atoms with Crippen molar-refractivity contribution in [3.05, 3.63) is 0 Å². The minimum Gasteiger partial charge on any atom is -0.465 e. The number of aliphatic hydroxyl groups excluding tert-OH is 6. The summed E-state index contributed by atoms with van der Waals surface area (Å²) in [6.07, 6.45) is -14.8. The first-order chi connectivity index (χ1) is 17.7. The fraction of sp³-hybridized carbons (Fsp3) is 0.917. The lowest BCUT2D eigenvalue weighted by atomic mass is 9.76. The molecule has 3 aliphatic rings. The molecule has 14 heteroatoms. The van der Waals surface area contributed by atoms with E-state index in [4.69, 9.17) is 28.4 Å². The van der Waals surface area contributed by atoms with E-state index >= 15 is 0 Å². The van der Waals surface area contributed by atoms with Crippen LogP contribution in [0.1, 0.15) is 40.5 Å². The van der Waals surface area contributed by atoms with Crippen molar-refractivity contribution < 1.29 is 63.9 Å². The van der Waals surface area contributed by atoms with Crippen LogP contribution in [0.4, 0.5) is 0 Å². The van der Waals surface area contributed by atoms with Gasteiger partial charge in [0.25, 0.3) is 0 Å². The number of nitrogens with zero attached hydrogens (tertiary/aromatic N) is 1. The van der Waals surface area contributed by atoms with Crippen molar-refractivity contribution in [2.75, 3.05) is 19.8 Å². The van der Waals surface area contributed by atoms with Gasteiger partial charge < -0.3 is 59.1 Å². The fourth-order valence-electron chi connectivity index (χ4n) is 4.86. The number of hydrogen-bond donors (Lipinski definition) is 6. The first-order valence-electron chi connectivity index (χ1n) is 12.5. The molecule has 0 aliphatic carbocycles. The van der Waals surface area contributed by atoms with Gasteiger partial charge in [0.1, 0.15) is 48.8 Å². The molecule has 11 atom stereocenters. The van der Waals surface area contributed by atoms with Crippen LogP contribution < -0.4 is 0 Å². The number of aliphatic hydroxyl groups is 6. The van der Waals surface area contributed by atoms with Crippen molar-refractivity contribution in [1.29, 1.82) is 5.26 Å². The van der Waals surface area contributed by atoms with Gasteiger partial charge in [-0.25, -0.2) is 0 Å². The molecule has 3 aliphatic heterocycles. The van der Waals surface area contributed by atoms with Crippen molar-refractivity contribution in [1.82, 2.24) is 0 Å². The average molecular weight is 550 g/mol. The van der Waals surface area contributed by atoms with Crippen molar-refractivity contribution in [2.24, 2.45) is 10.8 Å². The highest BCUT2D eigenvalue weighted by Crippen LogP contribution is 2.35. The molecule has 0 bridgehead atoms. The molecule has 3 fully saturated rings. The van der Waals surface area contributed by atoms with Gasteiger partial charge >= 0.3 is 5.97 Å². The highest BCUT2D eigenvalue weighted by atomic mass is 16.8. The van der Waals surface area contributed by atoms with Crippen LogP contribution in [0.5, 0.6) is 0 Å². The molecule has 0 aromatic rings. The topological polar surface area (TPSA) is 218 Å². The number of hydrogen-bond acceptors (Lipinski definition) is 14. The van der Waals surface area contributed by atoms with Crippen LogP contribution in [0.3, 0.4) is 0 Å². The maximum Gasteiger partial charge on any atom is 0.311 e. The molecule has 0 amide bonds. The quantitative estimate of drug-likeness (QED) is 0.170. The van der Waals surface area contributed by atoms with Crippen molar-refractivity contribution in [2.45, 2.75) is 108 Å². The van der Waals surface area contributed by atoms with Crippen LogP contribution >= 0.6 is 0 Å². The summed E-state index contributed by atoms with van der Waals surface area (Å²) in [5.41, 5.74) is -1.58. The number of nitriles is 1. The molecule has 0 radical (unpaired) electrons. The van der Waals surface area contributed by atoms with E-state index in [0.717, 1.165) is 0 Å². The van der Waals surface area contributed by atoms with Crippen LogP contribution in [0.25, 0.3) is 0 Å². The van der Waals surface area contributed by atoms with E-state index in [1.54, 1.807) is 27.7 Å². The molecule has 6 N–H and O–H groups in total. The molecule has 218 valence electrons. The molecule has 14 nitrogen and oxygen atoms in total. The Balaban J connectivity index is 1.51. The van der Waals surface area contributed by atoms with Crippen LogP contribution in [0.2, 0.25) is 0 Å². The Kier molecular flexibility index (Phi) is 10.1. The molecular formula is C24H39NO13. The number of esters is 1. The van der Waals surface area contributed by atoms with E-state index in [1.165, 1.54) is 0 Å². The molecule has 0 aromatic carbocycles. The fourth-order valence-corrected chi connectivity index (χ4v) is 4.86. The van der Waals surface area contributed by atoms with Gasteiger partial charge in [-0.05, 0) is 34.1 Å². The number of rotatable bonds is 9. The highest BCUT2D eigenvalue weighted by molar-refractivity contribution is 5.76. The zero-order valence-electron chi connectivity index (χ0n) is 21.9. The van der Waals surface area contributed by atoms with Gasteiger partial charge in [-0.2, -0.15) is 5.26 Å². The summed E-state index contributed by atoms with van der Waals surface area (Å²) in [6, 6.07) is 2.17. The average Bonchev–Trinajstić information content (AvgIpc) is 2.86. The Labute approximate surface area is 220 Å². The molecule has 38 heavy (non-hydrogen) atoms. The second-order valence-electron chi connectivity index (χ2n) is 11.2. The highest BCUT2D eigenvalue weighted by Gasteiger charge is 2.52. The second kappa shape index (κ2) is 12.4. The minimum atomic E-state index is -1.72.